The Morgan fingerprint density at radius 1 is 1.65 bits per heavy atom. The molecule has 0 aliphatic rings. The zero-order chi connectivity index (χ0) is 12.3. The number of carbonyl (C=O) groups is 1. The third kappa shape index (κ3) is 2.94. The highest BCUT2D eigenvalue weighted by Crippen LogP contribution is 2.10. The first-order chi connectivity index (χ1) is 8.16. The summed E-state index contributed by atoms with van der Waals surface area (Å²) in [5, 5.41) is 10.5. The maximum atomic E-state index is 11.7. The largest absolute Gasteiger partial charge is 0.356 e. The lowest BCUT2D eigenvalue weighted by Crippen LogP contribution is -2.26. The van der Waals surface area contributed by atoms with E-state index >= 15 is 0 Å². The van der Waals surface area contributed by atoms with Crippen LogP contribution in [0.15, 0.2) is 23.1 Å². The quantitative estimate of drug-likeness (QED) is 0.879. The summed E-state index contributed by atoms with van der Waals surface area (Å²) >= 11 is 3.28. The van der Waals surface area contributed by atoms with Crippen molar-refractivity contribution < 1.29 is 4.79 Å². The normalized spacial score (nSPS) is 10.5. The minimum Gasteiger partial charge on any atom is -0.356 e. The summed E-state index contributed by atoms with van der Waals surface area (Å²) < 4.78 is 2.69. The SMILES string of the molecule is Cn1cnnc1CCNC(=O)c1cc(Br)c[nH]1. The van der Waals surface area contributed by atoms with Crippen LogP contribution in [0.2, 0.25) is 0 Å². The highest BCUT2D eigenvalue weighted by Gasteiger charge is 2.07. The maximum Gasteiger partial charge on any atom is 0.267 e. The number of hydrogen-bond donors (Lipinski definition) is 2. The topological polar surface area (TPSA) is 75.6 Å². The number of hydrogen-bond acceptors (Lipinski definition) is 3. The molecule has 0 fully saturated rings. The summed E-state index contributed by atoms with van der Waals surface area (Å²) in [7, 11) is 1.87. The van der Waals surface area contributed by atoms with Crippen molar-refractivity contribution in [2.45, 2.75) is 6.42 Å². The summed E-state index contributed by atoms with van der Waals surface area (Å²) in [6.45, 7) is 0.530. The predicted molar refractivity (Wildman–Crippen MR) is 65.5 cm³/mol. The Hall–Kier alpha value is -1.63. The number of rotatable bonds is 4. The summed E-state index contributed by atoms with van der Waals surface area (Å²) in [5.74, 6) is 0.718. The molecule has 2 heterocycles. The van der Waals surface area contributed by atoms with E-state index in [2.05, 4.69) is 36.4 Å². The van der Waals surface area contributed by atoms with Crippen LogP contribution in [0, 0.1) is 0 Å². The Morgan fingerprint density at radius 3 is 3.06 bits per heavy atom. The first-order valence-corrected chi connectivity index (χ1v) is 5.91. The molecule has 0 bridgehead atoms. The van der Waals surface area contributed by atoms with Gasteiger partial charge in [-0.25, -0.2) is 0 Å². The van der Waals surface area contributed by atoms with Crippen molar-refractivity contribution in [3.8, 4) is 0 Å². The first-order valence-electron chi connectivity index (χ1n) is 5.12. The molecule has 0 aliphatic heterocycles. The molecule has 6 nitrogen and oxygen atoms in total. The monoisotopic (exact) mass is 297 g/mol. The van der Waals surface area contributed by atoms with Crippen LogP contribution in [0.3, 0.4) is 0 Å². The van der Waals surface area contributed by atoms with Crippen LogP contribution in [-0.2, 0) is 13.5 Å². The number of nitrogens with one attached hydrogen (secondary N) is 2. The fourth-order valence-electron chi connectivity index (χ4n) is 1.42. The average molecular weight is 298 g/mol. The van der Waals surface area contributed by atoms with Gasteiger partial charge in [0.2, 0.25) is 0 Å². The Morgan fingerprint density at radius 2 is 2.47 bits per heavy atom. The van der Waals surface area contributed by atoms with Gasteiger partial charge in [0.15, 0.2) is 0 Å². The molecule has 0 saturated carbocycles. The molecule has 0 spiro atoms. The Balaban J connectivity index is 1.83. The van der Waals surface area contributed by atoms with Gasteiger partial charge in [-0.2, -0.15) is 0 Å². The number of H-pyrrole nitrogens is 1. The van der Waals surface area contributed by atoms with Gasteiger partial charge in [0.1, 0.15) is 17.8 Å². The molecule has 90 valence electrons. The molecule has 0 atom stereocenters. The van der Waals surface area contributed by atoms with Crippen LogP contribution in [-0.4, -0.2) is 32.2 Å². The van der Waals surface area contributed by atoms with E-state index in [4.69, 9.17) is 0 Å². The zero-order valence-electron chi connectivity index (χ0n) is 9.27. The molecule has 0 aliphatic carbocycles. The van der Waals surface area contributed by atoms with Crippen LogP contribution in [0.5, 0.6) is 0 Å². The molecule has 1 amide bonds. The molecule has 2 rings (SSSR count). The van der Waals surface area contributed by atoms with Crippen molar-refractivity contribution in [3.05, 3.63) is 34.6 Å². The highest BCUT2D eigenvalue weighted by molar-refractivity contribution is 9.10. The molecule has 0 unspecified atom stereocenters. The number of carbonyl (C=O) groups excluding carboxylic acids is 1. The van der Waals surface area contributed by atoms with E-state index in [1.807, 2.05) is 11.6 Å². The third-order valence-electron chi connectivity index (χ3n) is 2.33. The van der Waals surface area contributed by atoms with Crippen molar-refractivity contribution in [2.75, 3.05) is 6.54 Å². The molecule has 2 aromatic rings. The van der Waals surface area contributed by atoms with Crippen molar-refractivity contribution in [1.82, 2.24) is 25.1 Å². The van der Waals surface area contributed by atoms with E-state index in [0.29, 0.717) is 18.7 Å². The van der Waals surface area contributed by atoms with Gasteiger partial charge >= 0.3 is 0 Å². The minimum absolute atomic E-state index is 0.127. The van der Waals surface area contributed by atoms with Gasteiger partial charge in [-0.1, -0.05) is 0 Å². The van der Waals surface area contributed by atoms with Crippen molar-refractivity contribution in [2.24, 2.45) is 7.05 Å². The molecule has 17 heavy (non-hydrogen) atoms. The van der Waals surface area contributed by atoms with E-state index in [1.54, 1.807) is 18.6 Å². The van der Waals surface area contributed by atoms with E-state index in [9.17, 15) is 4.79 Å². The molecule has 2 N–H and O–H groups in total. The van der Waals surface area contributed by atoms with E-state index in [0.717, 1.165) is 10.3 Å². The lowest BCUT2D eigenvalue weighted by molar-refractivity contribution is 0.0949. The van der Waals surface area contributed by atoms with Crippen molar-refractivity contribution in [1.29, 1.82) is 0 Å². The van der Waals surface area contributed by atoms with E-state index in [-0.39, 0.29) is 5.91 Å². The molecule has 2 aromatic heterocycles. The lowest BCUT2D eigenvalue weighted by atomic mass is 10.3. The van der Waals surface area contributed by atoms with Gasteiger partial charge in [0.05, 0.1) is 0 Å². The Bertz CT molecular complexity index is 518. The standard InChI is InChI=1S/C10H12BrN5O/c1-16-6-14-15-9(16)2-3-12-10(17)8-4-7(11)5-13-8/h4-6,13H,2-3H2,1H3,(H,12,17). The smallest absolute Gasteiger partial charge is 0.267 e. The minimum atomic E-state index is -0.127. The van der Waals surface area contributed by atoms with Gasteiger partial charge < -0.3 is 14.9 Å². The van der Waals surface area contributed by atoms with Crippen LogP contribution >= 0.6 is 15.9 Å². The van der Waals surface area contributed by atoms with Crippen LogP contribution in [0.4, 0.5) is 0 Å². The van der Waals surface area contributed by atoms with Gasteiger partial charge in [0, 0.05) is 30.7 Å². The molecule has 0 radical (unpaired) electrons. The molecular weight excluding hydrogens is 286 g/mol. The number of aryl methyl sites for hydroxylation is 1. The number of aromatic amines is 1. The van der Waals surface area contributed by atoms with Crippen LogP contribution in [0.1, 0.15) is 16.3 Å². The fraction of sp³-hybridized carbons (Fsp3) is 0.300. The second-order valence-corrected chi connectivity index (χ2v) is 4.51. The summed E-state index contributed by atoms with van der Waals surface area (Å²) in [4.78, 5) is 14.5. The first kappa shape index (κ1) is 11.8. The molecule has 0 aromatic carbocycles. The number of amides is 1. The van der Waals surface area contributed by atoms with Crippen molar-refractivity contribution >= 4 is 21.8 Å². The summed E-state index contributed by atoms with van der Waals surface area (Å²) in [5.41, 5.74) is 0.537. The van der Waals surface area contributed by atoms with Gasteiger partial charge in [0.25, 0.3) is 5.91 Å². The second kappa shape index (κ2) is 5.13. The van der Waals surface area contributed by atoms with Crippen molar-refractivity contribution in [3.63, 3.8) is 0 Å². The Labute approximate surface area is 107 Å². The number of aromatic nitrogens is 4. The maximum absolute atomic E-state index is 11.7. The summed E-state index contributed by atoms with van der Waals surface area (Å²) in [6, 6.07) is 1.73. The van der Waals surface area contributed by atoms with Gasteiger partial charge in [-0.3, -0.25) is 4.79 Å². The lowest BCUT2D eigenvalue weighted by Gasteiger charge is -2.03. The molecule has 0 saturated heterocycles. The molecular formula is C10H12BrN5O. The average Bonchev–Trinajstić information content (AvgIpc) is 2.88. The zero-order valence-corrected chi connectivity index (χ0v) is 10.9. The number of halogens is 1. The fourth-order valence-corrected chi connectivity index (χ4v) is 1.76. The highest BCUT2D eigenvalue weighted by atomic mass is 79.9. The van der Waals surface area contributed by atoms with Gasteiger partial charge in [-0.05, 0) is 22.0 Å². The summed E-state index contributed by atoms with van der Waals surface area (Å²) in [6.07, 6.45) is 4.01. The Kier molecular flexibility index (Phi) is 3.58. The number of nitrogens with zero attached hydrogens (tertiary/aromatic N) is 3. The third-order valence-corrected chi connectivity index (χ3v) is 2.79. The van der Waals surface area contributed by atoms with E-state index in [1.165, 1.54) is 0 Å². The molecule has 7 heteroatoms. The van der Waals surface area contributed by atoms with E-state index < -0.39 is 0 Å². The predicted octanol–water partition coefficient (Wildman–Crippen LogP) is 0.878. The van der Waals surface area contributed by atoms with Crippen LogP contribution in [0.25, 0.3) is 0 Å². The van der Waals surface area contributed by atoms with Gasteiger partial charge in [-0.15, -0.1) is 10.2 Å². The van der Waals surface area contributed by atoms with Crippen LogP contribution < -0.4 is 5.32 Å². The second-order valence-electron chi connectivity index (χ2n) is 3.60.